The Morgan fingerprint density at radius 2 is 1.84 bits per heavy atom. The summed E-state index contributed by atoms with van der Waals surface area (Å²) in [4.78, 5) is 4.53. The van der Waals surface area contributed by atoms with Gasteiger partial charge in [-0.1, -0.05) is 12.1 Å². The van der Waals surface area contributed by atoms with Crippen molar-refractivity contribution < 1.29 is 27.1 Å². The van der Waals surface area contributed by atoms with E-state index in [9.17, 15) is 22.7 Å². The third-order valence-electron chi connectivity index (χ3n) is 8.42. The zero-order chi connectivity index (χ0) is 29.9. The summed E-state index contributed by atoms with van der Waals surface area (Å²) in [5.41, 5.74) is 2.01. The number of nitrogens with one attached hydrogen (secondary N) is 1. The maximum atomic E-state index is 14.4. The molecule has 2 aliphatic rings. The van der Waals surface area contributed by atoms with Gasteiger partial charge in [0.05, 0.1) is 5.60 Å². The Labute approximate surface area is 244 Å². The van der Waals surface area contributed by atoms with Crippen LogP contribution in [-0.2, 0) is 19.8 Å². The number of aryl methyl sites for hydroxylation is 1. The maximum Gasteiger partial charge on any atom is 0.420 e. The average Bonchev–Trinajstić information content (AvgIpc) is 3.58. The zero-order valence-electron chi connectivity index (χ0n) is 23.4. The number of aliphatic hydroxyl groups is 1. The molecule has 0 bridgehead atoms. The predicted molar refractivity (Wildman–Crippen MR) is 152 cm³/mol. The van der Waals surface area contributed by atoms with Crippen LogP contribution in [0, 0.1) is 5.82 Å². The Bertz CT molecular complexity index is 1840. The van der Waals surface area contributed by atoms with Crippen molar-refractivity contribution in [1.82, 2.24) is 25.1 Å². The van der Waals surface area contributed by atoms with Gasteiger partial charge >= 0.3 is 6.18 Å². The minimum absolute atomic E-state index is 0.0699. The quantitative estimate of drug-likeness (QED) is 0.189. The van der Waals surface area contributed by atoms with E-state index in [2.05, 4.69) is 20.5 Å². The number of nitrogens with zero attached hydrogens (tertiary/aromatic N) is 4. The molecule has 7 nitrogen and oxygen atoms in total. The van der Waals surface area contributed by atoms with Crippen LogP contribution in [0.1, 0.15) is 54.7 Å². The molecule has 5 aromatic rings. The van der Waals surface area contributed by atoms with Gasteiger partial charge in [0.25, 0.3) is 0 Å². The highest BCUT2D eigenvalue weighted by atomic mass is 19.4. The van der Waals surface area contributed by atoms with Gasteiger partial charge in [-0.2, -0.15) is 13.2 Å². The van der Waals surface area contributed by atoms with Gasteiger partial charge in [-0.05, 0) is 96.7 Å². The molecule has 2 N–H and O–H groups in total. The summed E-state index contributed by atoms with van der Waals surface area (Å²) in [7, 11) is 1.77. The third kappa shape index (κ3) is 5.43. The lowest BCUT2D eigenvalue weighted by Crippen LogP contribution is -2.45. The normalized spacial score (nSPS) is 16.5. The first-order chi connectivity index (χ1) is 20.6. The fourth-order valence-corrected chi connectivity index (χ4v) is 5.79. The van der Waals surface area contributed by atoms with Crippen LogP contribution in [0.4, 0.5) is 17.6 Å². The molecule has 0 aliphatic heterocycles. The lowest BCUT2D eigenvalue weighted by Gasteiger charge is -2.36. The number of hydrogen-bond donors (Lipinski definition) is 2. The third-order valence-corrected chi connectivity index (χ3v) is 8.42. The average molecular weight is 592 g/mol. The van der Waals surface area contributed by atoms with Gasteiger partial charge in [0.1, 0.15) is 23.2 Å². The second kappa shape index (κ2) is 10.3. The van der Waals surface area contributed by atoms with E-state index < -0.39 is 23.2 Å². The van der Waals surface area contributed by atoms with Crippen molar-refractivity contribution in [2.75, 3.05) is 6.54 Å². The van der Waals surface area contributed by atoms with E-state index in [1.54, 1.807) is 29.8 Å². The number of alkyl halides is 3. The van der Waals surface area contributed by atoms with Gasteiger partial charge < -0.3 is 19.4 Å². The Balaban J connectivity index is 1.31. The van der Waals surface area contributed by atoms with E-state index in [-0.39, 0.29) is 23.5 Å². The Hall–Kier alpha value is -4.09. The van der Waals surface area contributed by atoms with Crippen molar-refractivity contribution in [2.24, 2.45) is 7.05 Å². The second-order valence-corrected chi connectivity index (χ2v) is 11.8. The summed E-state index contributed by atoms with van der Waals surface area (Å²) >= 11 is 0. The Kier molecular flexibility index (Phi) is 6.62. The van der Waals surface area contributed by atoms with E-state index >= 15 is 0 Å². The summed E-state index contributed by atoms with van der Waals surface area (Å²) in [5.74, 6) is 0.442. The van der Waals surface area contributed by atoms with Gasteiger partial charge in [0.2, 0.25) is 5.89 Å². The monoisotopic (exact) mass is 591 g/mol. The van der Waals surface area contributed by atoms with Gasteiger partial charge in [0, 0.05) is 31.3 Å². The molecule has 0 spiro atoms. The number of fused-ring (bicyclic) bond motifs is 1. The number of oxazole rings is 1. The molecule has 222 valence electrons. The molecular weight excluding hydrogens is 562 g/mol. The van der Waals surface area contributed by atoms with Crippen molar-refractivity contribution in [3.05, 3.63) is 77.4 Å². The molecule has 2 aliphatic carbocycles. The number of benzene rings is 3. The fraction of sp³-hybridized carbons (Fsp3) is 0.344. The van der Waals surface area contributed by atoms with Crippen molar-refractivity contribution in [3.63, 3.8) is 0 Å². The molecule has 7 rings (SSSR count). The lowest BCUT2D eigenvalue weighted by atomic mass is 9.80. The van der Waals surface area contributed by atoms with Crippen LogP contribution in [0.25, 0.3) is 45.1 Å². The lowest BCUT2D eigenvalue weighted by molar-refractivity contribution is -0.136. The van der Waals surface area contributed by atoms with Gasteiger partial charge in [-0.25, -0.2) is 9.37 Å². The first kappa shape index (κ1) is 27.7. The zero-order valence-corrected chi connectivity index (χ0v) is 23.4. The first-order valence-corrected chi connectivity index (χ1v) is 14.3. The summed E-state index contributed by atoms with van der Waals surface area (Å²) in [5, 5.41) is 21.5. The smallest absolute Gasteiger partial charge is 0.420 e. The number of hydrogen-bond acceptors (Lipinski definition) is 6. The molecule has 0 amide bonds. The van der Waals surface area contributed by atoms with Crippen molar-refractivity contribution in [1.29, 1.82) is 0 Å². The standard InChI is InChI=1S/C32H29F4N5O2/c1-41-17-38-40-29(41)25-14-23(33)5-6-24(25)21-11-20(19-3-4-19)12-22(13-21)30-39-27-10-18(15-37-16-31(42)7-2-8-31)9-26(28(27)43-30)32(34,35)36/h5-6,9-14,17,19,37,42H,2-4,7-8,15-16H2,1H3. The van der Waals surface area contributed by atoms with Crippen LogP contribution in [0.3, 0.4) is 0 Å². The minimum atomic E-state index is -4.66. The summed E-state index contributed by atoms with van der Waals surface area (Å²) in [6.07, 6.45) is 1.18. The topological polar surface area (TPSA) is 89.0 Å². The number of rotatable bonds is 8. The van der Waals surface area contributed by atoms with Crippen molar-refractivity contribution >= 4 is 11.1 Å². The Morgan fingerprint density at radius 1 is 1.05 bits per heavy atom. The highest BCUT2D eigenvalue weighted by Crippen LogP contribution is 2.45. The fourth-order valence-electron chi connectivity index (χ4n) is 5.79. The highest BCUT2D eigenvalue weighted by molar-refractivity contribution is 5.85. The van der Waals surface area contributed by atoms with Crippen LogP contribution < -0.4 is 5.32 Å². The SMILES string of the molecule is Cn1cnnc1-c1cc(F)ccc1-c1cc(-c2nc3cc(CNCC4(O)CCC4)cc(C(F)(F)F)c3o2)cc(C2CC2)c1. The number of halogens is 4. The van der Waals surface area contributed by atoms with Crippen LogP contribution in [-0.4, -0.2) is 37.0 Å². The van der Waals surface area contributed by atoms with Crippen LogP contribution in [0.5, 0.6) is 0 Å². The summed E-state index contributed by atoms with van der Waals surface area (Å²) in [6, 6.07) is 12.8. The molecule has 11 heteroatoms. The molecule has 2 heterocycles. The van der Waals surface area contributed by atoms with Gasteiger partial charge in [-0.15, -0.1) is 10.2 Å². The van der Waals surface area contributed by atoms with E-state index in [0.29, 0.717) is 53.4 Å². The van der Waals surface area contributed by atoms with E-state index in [1.807, 2.05) is 12.1 Å². The van der Waals surface area contributed by atoms with Gasteiger partial charge in [-0.3, -0.25) is 0 Å². The molecule has 43 heavy (non-hydrogen) atoms. The first-order valence-electron chi connectivity index (χ1n) is 14.3. The van der Waals surface area contributed by atoms with E-state index in [1.165, 1.54) is 18.5 Å². The molecule has 0 unspecified atom stereocenters. The van der Waals surface area contributed by atoms with Gasteiger partial charge in [0.15, 0.2) is 11.4 Å². The highest BCUT2D eigenvalue weighted by Gasteiger charge is 2.36. The van der Waals surface area contributed by atoms with E-state index in [0.717, 1.165) is 36.5 Å². The molecule has 0 saturated heterocycles. The van der Waals surface area contributed by atoms with E-state index in [4.69, 9.17) is 4.42 Å². The van der Waals surface area contributed by atoms with Crippen LogP contribution >= 0.6 is 0 Å². The molecule has 2 aromatic heterocycles. The number of aromatic nitrogens is 4. The summed E-state index contributed by atoms with van der Waals surface area (Å²) in [6.45, 7) is 0.465. The molecular formula is C32H29F4N5O2. The molecule has 0 atom stereocenters. The largest absolute Gasteiger partial charge is 0.435 e. The van der Waals surface area contributed by atoms with Crippen molar-refractivity contribution in [2.45, 2.75) is 56.3 Å². The van der Waals surface area contributed by atoms with Crippen LogP contribution in [0.2, 0.25) is 0 Å². The molecule has 2 saturated carbocycles. The summed E-state index contributed by atoms with van der Waals surface area (Å²) < 4.78 is 64.6. The maximum absolute atomic E-state index is 14.4. The van der Waals surface area contributed by atoms with Crippen LogP contribution in [0.15, 0.2) is 59.3 Å². The molecule has 0 radical (unpaired) electrons. The second-order valence-electron chi connectivity index (χ2n) is 11.8. The predicted octanol–water partition coefficient (Wildman–Crippen LogP) is 7.00. The molecule has 3 aromatic carbocycles. The minimum Gasteiger partial charge on any atom is -0.435 e. The molecule has 2 fully saturated rings. The van der Waals surface area contributed by atoms with Crippen molar-refractivity contribution in [3.8, 4) is 34.0 Å². The Morgan fingerprint density at radius 3 is 2.51 bits per heavy atom.